The first kappa shape index (κ1) is 13.7. The van der Waals surface area contributed by atoms with Crippen molar-refractivity contribution in [2.75, 3.05) is 25.9 Å². The van der Waals surface area contributed by atoms with Gasteiger partial charge in [-0.1, -0.05) is 6.92 Å². The van der Waals surface area contributed by atoms with Gasteiger partial charge in [0, 0.05) is 17.8 Å². The van der Waals surface area contributed by atoms with Crippen molar-refractivity contribution in [3.05, 3.63) is 29.8 Å². The number of benzene rings is 1. The zero-order chi connectivity index (χ0) is 12.8. The number of nitrogens with two attached hydrogens (primary N) is 1. The van der Waals surface area contributed by atoms with Crippen molar-refractivity contribution in [2.45, 2.75) is 19.4 Å². The van der Waals surface area contributed by atoms with Gasteiger partial charge in [0.15, 0.2) is 5.78 Å². The van der Waals surface area contributed by atoms with Crippen LogP contribution in [-0.2, 0) is 0 Å². The van der Waals surface area contributed by atoms with E-state index in [0.717, 1.165) is 6.42 Å². The minimum absolute atomic E-state index is 0.0576. The van der Waals surface area contributed by atoms with Crippen molar-refractivity contribution in [3.63, 3.8) is 0 Å². The zero-order valence-corrected chi connectivity index (χ0v) is 10.4. The normalized spacial score (nSPS) is 12.7. The largest absolute Gasteiger partial charge is 0.399 e. The van der Waals surface area contributed by atoms with Crippen molar-refractivity contribution < 1.29 is 9.90 Å². The molecule has 0 aliphatic rings. The Hall–Kier alpha value is -1.39. The average molecular weight is 236 g/mol. The van der Waals surface area contributed by atoms with Gasteiger partial charge in [0.25, 0.3) is 0 Å². The van der Waals surface area contributed by atoms with E-state index >= 15 is 0 Å². The predicted molar refractivity (Wildman–Crippen MR) is 69.0 cm³/mol. The van der Waals surface area contributed by atoms with Crippen LogP contribution >= 0.6 is 0 Å². The fraction of sp³-hybridized carbons (Fsp3) is 0.462. The number of rotatable bonds is 6. The zero-order valence-electron chi connectivity index (χ0n) is 10.4. The second-order valence-electron chi connectivity index (χ2n) is 4.11. The number of nitrogens with zero attached hydrogens (tertiary/aromatic N) is 1. The van der Waals surface area contributed by atoms with Crippen molar-refractivity contribution in [1.29, 1.82) is 0 Å². The highest BCUT2D eigenvalue weighted by molar-refractivity contribution is 6.00. The number of anilines is 1. The Morgan fingerprint density at radius 2 is 2.00 bits per heavy atom. The summed E-state index contributed by atoms with van der Waals surface area (Å²) in [5.41, 5.74) is 6.90. The Morgan fingerprint density at radius 1 is 1.41 bits per heavy atom. The lowest BCUT2D eigenvalue weighted by Crippen LogP contribution is -2.39. The van der Waals surface area contributed by atoms with Crippen molar-refractivity contribution in [3.8, 4) is 0 Å². The number of carbonyl (C=O) groups is 1. The van der Waals surface area contributed by atoms with Crippen LogP contribution in [0.1, 0.15) is 23.7 Å². The number of Topliss-reactive ketones (excluding diaryl/α,β-unsaturated/α-hetero) is 1. The van der Waals surface area contributed by atoms with Gasteiger partial charge in [0.1, 0.15) is 0 Å². The molecule has 0 saturated carbocycles. The van der Waals surface area contributed by atoms with Gasteiger partial charge >= 0.3 is 0 Å². The molecular weight excluding hydrogens is 216 g/mol. The number of aliphatic hydroxyl groups excluding tert-OH is 1. The Balaban J connectivity index is 2.82. The van der Waals surface area contributed by atoms with Crippen LogP contribution in [0, 0.1) is 0 Å². The van der Waals surface area contributed by atoms with Crippen LogP contribution in [0.3, 0.4) is 0 Å². The number of nitrogen functional groups attached to an aromatic ring is 1. The molecule has 0 aliphatic heterocycles. The Kier molecular flexibility index (Phi) is 5.12. The van der Waals surface area contributed by atoms with E-state index in [1.54, 1.807) is 24.3 Å². The molecule has 1 rings (SSSR count). The Morgan fingerprint density at radius 3 is 2.47 bits per heavy atom. The fourth-order valence-corrected chi connectivity index (χ4v) is 1.85. The molecule has 0 aromatic heterocycles. The molecule has 0 fully saturated rings. The van der Waals surface area contributed by atoms with Crippen LogP contribution in [0.15, 0.2) is 24.3 Å². The maximum atomic E-state index is 12.2. The first-order valence-corrected chi connectivity index (χ1v) is 5.81. The van der Waals surface area contributed by atoms with Crippen LogP contribution in [-0.4, -0.2) is 42.0 Å². The molecule has 1 unspecified atom stereocenters. The number of hydrogen-bond donors (Lipinski definition) is 2. The molecule has 3 N–H and O–H groups in total. The Labute approximate surface area is 102 Å². The highest BCUT2D eigenvalue weighted by Gasteiger charge is 2.21. The molecule has 1 aromatic rings. The van der Waals surface area contributed by atoms with Crippen LogP contribution < -0.4 is 5.73 Å². The quantitative estimate of drug-likeness (QED) is 0.574. The van der Waals surface area contributed by atoms with Gasteiger partial charge in [-0.15, -0.1) is 0 Å². The molecule has 4 nitrogen and oxygen atoms in total. The SMILES string of the molecule is CCC(C(=O)c1ccc(N)cc1)N(C)CCO. The van der Waals surface area contributed by atoms with Crippen LogP contribution in [0.5, 0.6) is 0 Å². The minimum Gasteiger partial charge on any atom is -0.399 e. The second kappa shape index (κ2) is 6.37. The van der Waals surface area contributed by atoms with E-state index in [-0.39, 0.29) is 18.4 Å². The van der Waals surface area contributed by atoms with E-state index in [2.05, 4.69) is 0 Å². The minimum atomic E-state index is -0.189. The van der Waals surface area contributed by atoms with Crippen LogP contribution in [0.4, 0.5) is 5.69 Å². The standard InChI is InChI=1S/C13H20N2O2/c1-3-12(15(2)8-9-16)13(17)10-4-6-11(14)7-5-10/h4-7,12,16H,3,8-9,14H2,1-2H3. The van der Waals surface area contributed by atoms with E-state index in [0.29, 0.717) is 17.8 Å². The molecule has 0 heterocycles. The molecule has 1 atom stereocenters. The fourth-order valence-electron chi connectivity index (χ4n) is 1.85. The summed E-state index contributed by atoms with van der Waals surface area (Å²) in [5, 5.41) is 8.90. The molecule has 0 spiro atoms. The third kappa shape index (κ3) is 3.54. The molecule has 1 aromatic carbocycles. The number of hydrogen-bond acceptors (Lipinski definition) is 4. The molecule has 0 amide bonds. The summed E-state index contributed by atoms with van der Waals surface area (Å²) in [4.78, 5) is 14.1. The summed E-state index contributed by atoms with van der Waals surface area (Å²) in [5.74, 6) is 0.0726. The first-order chi connectivity index (χ1) is 8.10. The average Bonchev–Trinajstić information content (AvgIpc) is 2.31. The van der Waals surface area contributed by atoms with Gasteiger partial charge in [0.05, 0.1) is 12.6 Å². The summed E-state index contributed by atoms with van der Waals surface area (Å²) in [6.45, 7) is 2.52. The van der Waals surface area contributed by atoms with Crippen LogP contribution in [0.2, 0.25) is 0 Å². The summed E-state index contributed by atoms with van der Waals surface area (Å²) in [7, 11) is 1.85. The molecular formula is C13H20N2O2. The third-order valence-corrected chi connectivity index (χ3v) is 2.87. The number of likely N-dealkylation sites (N-methyl/N-ethyl adjacent to an activating group) is 1. The summed E-state index contributed by atoms with van der Waals surface area (Å²) >= 11 is 0. The van der Waals surface area contributed by atoms with Crippen LogP contribution in [0.25, 0.3) is 0 Å². The van der Waals surface area contributed by atoms with Gasteiger partial charge in [-0.25, -0.2) is 0 Å². The van der Waals surface area contributed by atoms with E-state index in [9.17, 15) is 4.79 Å². The summed E-state index contributed by atoms with van der Waals surface area (Å²) in [6, 6.07) is 6.75. The maximum Gasteiger partial charge on any atom is 0.179 e. The third-order valence-electron chi connectivity index (χ3n) is 2.87. The number of ketones is 1. The lowest BCUT2D eigenvalue weighted by atomic mass is 10.0. The number of aliphatic hydroxyl groups is 1. The van der Waals surface area contributed by atoms with E-state index in [4.69, 9.17) is 10.8 Å². The summed E-state index contributed by atoms with van der Waals surface area (Å²) in [6.07, 6.45) is 0.722. The summed E-state index contributed by atoms with van der Waals surface area (Å²) < 4.78 is 0. The highest BCUT2D eigenvalue weighted by atomic mass is 16.3. The molecule has 94 valence electrons. The first-order valence-electron chi connectivity index (χ1n) is 5.81. The van der Waals surface area contributed by atoms with E-state index in [1.807, 2.05) is 18.9 Å². The molecule has 0 aliphatic carbocycles. The van der Waals surface area contributed by atoms with Gasteiger partial charge in [-0.3, -0.25) is 9.69 Å². The smallest absolute Gasteiger partial charge is 0.179 e. The van der Waals surface area contributed by atoms with Crippen molar-refractivity contribution in [1.82, 2.24) is 4.90 Å². The van der Waals surface area contributed by atoms with Crippen molar-refractivity contribution in [2.24, 2.45) is 0 Å². The molecule has 0 saturated heterocycles. The lowest BCUT2D eigenvalue weighted by Gasteiger charge is -2.25. The molecule has 0 bridgehead atoms. The molecule has 4 heteroatoms. The van der Waals surface area contributed by atoms with E-state index < -0.39 is 0 Å². The van der Waals surface area contributed by atoms with Gasteiger partial charge in [-0.2, -0.15) is 0 Å². The van der Waals surface area contributed by atoms with Crippen molar-refractivity contribution >= 4 is 11.5 Å². The predicted octanol–water partition coefficient (Wildman–Crippen LogP) is 1.15. The van der Waals surface area contributed by atoms with E-state index in [1.165, 1.54) is 0 Å². The highest BCUT2D eigenvalue weighted by Crippen LogP contribution is 2.13. The topological polar surface area (TPSA) is 66.6 Å². The molecule has 0 radical (unpaired) electrons. The lowest BCUT2D eigenvalue weighted by molar-refractivity contribution is 0.0823. The van der Waals surface area contributed by atoms with Gasteiger partial charge in [0.2, 0.25) is 0 Å². The maximum absolute atomic E-state index is 12.2. The molecule has 17 heavy (non-hydrogen) atoms. The van der Waals surface area contributed by atoms with Gasteiger partial charge in [-0.05, 0) is 37.7 Å². The second-order valence-corrected chi connectivity index (χ2v) is 4.11. The Bertz CT molecular complexity index is 362. The monoisotopic (exact) mass is 236 g/mol. The van der Waals surface area contributed by atoms with Gasteiger partial charge < -0.3 is 10.8 Å². The number of carbonyl (C=O) groups excluding carboxylic acids is 1.